The molecule has 4 aliphatic rings. The number of aliphatic hydroxyl groups is 9. The van der Waals surface area contributed by atoms with Gasteiger partial charge in [0.05, 0.1) is 38.3 Å². The van der Waals surface area contributed by atoms with Gasteiger partial charge in [0.2, 0.25) is 5.78 Å². The van der Waals surface area contributed by atoms with Crippen LogP contribution in [0.4, 0.5) is 0 Å². The normalized spacial score (nSPS) is 47.1. The molecule has 0 saturated carbocycles. The Morgan fingerprint density at radius 1 is 0.600 bits per heavy atom. The van der Waals surface area contributed by atoms with Gasteiger partial charge in [-0.15, -0.1) is 0 Å². The smallest absolute Gasteiger partial charge is 0.296 e. The third kappa shape index (κ3) is 7.34. The van der Waals surface area contributed by atoms with Crippen LogP contribution in [0.5, 0.6) is 0 Å². The zero-order chi connectivity index (χ0) is 37.2. The molecule has 0 bridgehead atoms. The van der Waals surface area contributed by atoms with Gasteiger partial charge in [0.25, 0.3) is 5.79 Å². The minimum Gasteiger partial charge on any atom is -0.388 e. The van der Waals surface area contributed by atoms with Crippen molar-refractivity contribution < 1.29 is 89.1 Å². The van der Waals surface area contributed by atoms with Crippen LogP contribution in [0, 0.1) is 0 Å². The average molecular weight is 723 g/mol. The van der Waals surface area contributed by atoms with Crippen LogP contribution in [0.3, 0.4) is 0 Å². The highest BCUT2D eigenvalue weighted by atomic mass is 17.2. The summed E-state index contributed by atoms with van der Waals surface area (Å²) < 4.78 is 17.4. The molecule has 18 nitrogen and oxygen atoms in total. The molecule has 14 atom stereocenters. The molecule has 0 aromatic carbocycles. The minimum absolute atomic E-state index is 0.0287. The lowest BCUT2D eigenvalue weighted by atomic mass is 9.60. The third-order valence-electron chi connectivity index (χ3n) is 10.2. The molecular formula is C32H50O18. The lowest BCUT2D eigenvalue weighted by molar-refractivity contribution is -0.487. The van der Waals surface area contributed by atoms with Gasteiger partial charge >= 0.3 is 0 Å². The van der Waals surface area contributed by atoms with Gasteiger partial charge in [0, 0.05) is 12.8 Å². The average Bonchev–Trinajstić information content (AvgIpc) is 3.10. The fourth-order valence-electron chi connectivity index (χ4n) is 7.22. The zero-order valence-electron chi connectivity index (χ0n) is 28.0. The van der Waals surface area contributed by atoms with Crippen LogP contribution in [0.1, 0.15) is 78.1 Å². The quantitative estimate of drug-likeness (QED) is 0.0983. The molecule has 18 heteroatoms. The summed E-state index contributed by atoms with van der Waals surface area (Å²) in [7, 11) is 0. The van der Waals surface area contributed by atoms with Crippen molar-refractivity contribution in [3.63, 3.8) is 0 Å². The van der Waals surface area contributed by atoms with Crippen LogP contribution in [-0.4, -0.2) is 166 Å². The molecule has 9 N–H and O–H groups in total. The fraction of sp³-hybridized carbons (Fsp3) is 0.875. The predicted molar refractivity (Wildman–Crippen MR) is 163 cm³/mol. The molecule has 2 unspecified atom stereocenters. The number of hydrogen-bond donors (Lipinski definition) is 9. The lowest BCUT2D eigenvalue weighted by Crippen LogP contribution is -2.88. The second-order valence-electron chi connectivity index (χ2n) is 13.8. The first-order valence-corrected chi connectivity index (χ1v) is 17.0. The van der Waals surface area contributed by atoms with E-state index >= 15 is 0 Å². The first kappa shape index (κ1) is 40.9. The van der Waals surface area contributed by atoms with Crippen molar-refractivity contribution in [3.8, 4) is 0 Å². The number of Topliss-reactive ketones (excluding diaryl/α,β-unsaturated/α-hetero) is 4. The Kier molecular flexibility index (Phi) is 13.4. The molecule has 0 aliphatic carbocycles. The van der Waals surface area contributed by atoms with Gasteiger partial charge in [-0.25, -0.2) is 4.89 Å². The van der Waals surface area contributed by atoms with Crippen molar-refractivity contribution in [1.82, 2.24) is 0 Å². The second kappa shape index (κ2) is 16.4. The monoisotopic (exact) mass is 722 g/mol. The number of rotatable bonds is 2. The van der Waals surface area contributed by atoms with Crippen LogP contribution in [-0.2, 0) is 43.2 Å². The standard InChI is InChI=1S/C32H50O18/c1-15-21(37)23(39)25(41)28(48-15)30(44)27(43)19(35)13-17(33)9-5-3-7-11-46-32(20(36)14-18(34)10-6-4-8-12-47-50-32)31(30,45)29-26(42)24(40)22(38)16(2)49-29/h15-16,21-29,37-45H,3-14H2,1-2H3/t15-,16-,21+,22+,23+,24+,25-,26-,27?,28+,29+,30-,31-,32?/m0/s1. The summed E-state index contributed by atoms with van der Waals surface area (Å²) in [4.78, 5) is 65.3. The maximum Gasteiger partial charge on any atom is 0.296 e. The Morgan fingerprint density at radius 2 is 1.10 bits per heavy atom. The maximum atomic E-state index is 14.6. The second-order valence-corrected chi connectivity index (χ2v) is 13.8. The first-order valence-electron chi connectivity index (χ1n) is 17.0. The van der Waals surface area contributed by atoms with Gasteiger partial charge in [-0.1, -0.05) is 12.8 Å². The summed E-state index contributed by atoms with van der Waals surface area (Å²) in [5, 5.41) is 104. The highest BCUT2D eigenvalue weighted by Gasteiger charge is 2.80. The highest BCUT2D eigenvalue weighted by molar-refractivity contribution is 6.04. The Hall–Kier alpha value is -1.88. The molecule has 4 saturated heterocycles. The number of carbonyl (C=O) groups is 4. The van der Waals surface area contributed by atoms with Gasteiger partial charge in [0.1, 0.15) is 66.5 Å². The molecule has 0 amide bonds. The van der Waals surface area contributed by atoms with E-state index < -0.39 is 127 Å². The maximum absolute atomic E-state index is 14.6. The molecule has 286 valence electrons. The van der Waals surface area contributed by atoms with Crippen molar-refractivity contribution in [2.24, 2.45) is 0 Å². The molecule has 0 aromatic heterocycles. The van der Waals surface area contributed by atoms with Gasteiger partial charge in [0.15, 0.2) is 17.0 Å². The van der Waals surface area contributed by atoms with Crippen LogP contribution in [0.2, 0.25) is 0 Å². The number of ether oxygens (including phenoxy) is 3. The van der Waals surface area contributed by atoms with E-state index in [0.29, 0.717) is 12.8 Å². The van der Waals surface area contributed by atoms with Crippen LogP contribution < -0.4 is 0 Å². The van der Waals surface area contributed by atoms with E-state index in [9.17, 15) is 65.1 Å². The third-order valence-corrected chi connectivity index (χ3v) is 10.2. The van der Waals surface area contributed by atoms with Crippen LogP contribution in [0.15, 0.2) is 0 Å². The van der Waals surface area contributed by atoms with E-state index in [2.05, 4.69) is 0 Å². The van der Waals surface area contributed by atoms with Crippen LogP contribution >= 0.6 is 0 Å². The lowest BCUT2D eigenvalue weighted by Gasteiger charge is -2.61. The fourth-order valence-corrected chi connectivity index (χ4v) is 7.22. The molecule has 0 radical (unpaired) electrons. The van der Waals surface area contributed by atoms with E-state index in [1.165, 1.54) is 0 Å². The number of hydrogen-bond acceptors (Lipinski definition) is 18. The summed E-state index contributed by atoms with van der Waals surface area (Å²) in [5.41, 5.74) is -8.01. The molecule has 4 fully saturated rings. The number of aliphatic hydroxyl groups excluding tert-OH is 7. The number of ketones is 4. The van der Waals surface area contributed by atoms with Crippen molar-refractivity contribution in [3.05, 3.63) is 0 Å². The summed E-state index contributed by atoms with van der Waals surface area (Å²) >= 11 is 0. The topological polar surface area (TPSA) is 296 Å². The van der Waals surface area contributed by atoms with Crippen molar-refractivity contribution >= 4 is 23.1 Å². The summed E-state index contributed by atoms with van der Waals surface area (Å²) in [6, 6.07) is 0. The van der Waals surface area contributed by atoms with Crippen LogP contribution in [0.25, 0.3) is 0 Å². The summed E-state index contributed by atoms with van der Waals surface area (Å²) in [6.07, 6.45) is -25.6. The van der Waals surface area contributed by atoms with E-state index in [-0.39, 0.29) is 45.1 Å². The zero-order valence-corrected chi connectivity index (χ0v) is 28.0. The summed E-state index contributed by atoms with van der Waals surface area (Å²) in [6.45, 7) is 1.45. The van der Waals surface area contributed by atoms with E-state index in [0.717, 1.165) is 13.8 Å². The Labute approximate surface area is 287 Å². The van der Waals surface area contributed by atoms with Gasteiger partial charge < -0.3 is 60.2 Å². The van der Waals surface area contributed by atoms with E-state index in [1.54, 1.807) is 0 Å². The van der Waals surface area contributed by atoms with Crippen molar-refractivity contribution in [2.75, 3.05) is 13.2 Å². The summed E-state index contributed by atoms with van der Waals surface area (Å²) in [5.74, 6) is -7.99. The van der Waals surface area contributed by atoms with Gasteiger partial charge in [-0.2, -0.15) is 4.89 Å². The van der Waals surface area contributed by atoms with E-state index in [1.807, 2.05) is 0 Å². The van der Waals surface area contributed by atoms with Gasteiger partial charge in [-0.05, 0) is 39.5 Å². The molecule has 4 rings (SSSR count). The number of carbonyl (C=O) groups excluding carboxylic acids is 4. The minimum atomic E-state index is -4.03. The molecule has 4 aliphatic heterocycles. The van der Waals surface area contributed by atoms with Crippen molar-refractivity contribution in [2.45, 2.75) is 162 Å². The van der Waals surface area contributed by atoms with Crippen molar-refractivity contribution in [1.29, 1.82) is 0 Å². The Bertz CT molecular complexity index is 1230. The molecule has 4 heterocycles. The Balaban J connectivity index is 2.14. The van der Waals surface area contributed by atoms with Gasteiger partial charge in [-0.3, -0.25) is 19.2 Å². The highest BCUT2D eigenvalue weighted by Crippen LogP contribution is 2.51. The molecular weight excluding hydrogens is 672 g/mol. The molecule has 1 spiro atoms. The Morgan fingerprint density at radius 3 is 1.68 bits per heavy atom. The first-order chi connectivity index (χ1) is 23.4. The molecule has 50 heavy (non-hydrogen) atoms. The molecule has 0 aromatic rings. The SMILES string of the molecule is C[C@@H]1O[C@@H]([C@@]2(O)C3(OCCCCCC(=O)CC(=O)C(O)[C@]2(O)[C@@H]2O[C@@H](C)[C@@H](O)[C@@H](O)[C@@H]2O)OOCCCCCC(=O)CC3=O)[C@@H](O)[C@H](O)[C@@H]1O. The van der Waals surface area contributed by atoms with E-state index in [4.69, 9.17) is 24.0 Å². The largest absolute Gasteiger partial charge is 0.388 e. The predicted octanol–water partition coefficient (Wildman–Crippen LogP) is -3.58.